The monoisotopic (exact) mass is 464 g/mol. The van der Waals surface area contributed by atoms with Gasteiger partial charge in [-0.2, -0.15) is 0 Å². The molecular weight excluding hydrogens is 442 g/mol. The van der Waals surface area contributed by atoms with Crippen LogP contribution >= 0.6 is 0 Å². The van der Waals surface area contributed by atoms with E-state index in [0.29, 0.717) is 5.56 Å². The van der Waals surface area contributed by atoms with Crippen LogP contribution in [0.1, 0.15) is 29.0 Å². The maximum Gasteiger partial charge on any atom is 0.273 e. The van der Waals surface area contributed by atoms with Crippen LogP contribution in [-0.2, 0) is 10.0 Å². The summed E-state index contributed by atoms with van der Waals surface area (Å²) >= 11 is 0. The molecule has 0 saturated carbocycles. The van der Waals surface area contributed by atoms with Crippen LogP contribution < -0.4 is 14.9 Å². The first-order valence-electron chi connectivity index (χ1n) is 9.45. The third-order valence-corrected chi connectivity index (χ3v) is 5.12. The lowest BCUT2D eigenvalue weighted by atomic mass is 10.1. The van der Waals surface area contributed by atoms with E-state index in [-0.39, 0.29) is 17.1 Å². The molecule has 1 aromatic heterocycles. The number of oxazole rings is 1. The molecular formula is C21H22F2N4O4S. The molecule has 0 aliphatic heterocycles. The largest absolute Gasteiger partial charge is 0.444 e. The number of halogens is 2. The maximum atomic E-state index is 14.2. The molecule has 2 aromatic carbocycles. The van der Waals surface area contributed by atoms with Crippen molar-refractivity contribution in [2.45, 2.75) is 13.0 Å². The zero-order chi connectivity index (χ0) is 23.6. The number of rotatable bonds is 7. The average molecular weight is 464 g/mol. The number of amides is 1. The van der Waals surface area contributed by atoms with E-state index in [1.165, 1.54) is 13.2 Å². The molecule has 1 heterocycles. The molecule has 1 unspecified atom stereocenters. The average Bonchev–Trinajstić information content (AvgIpc) is 3.20. The Kier molecular flexibility index (Phi) is 6.49. The quantitative estimate of drug-likeness (QED) is 0.554. The second-order valence-corrected chi connectivity index (χ2v) is 9.16. The van der Waals surface area contributed by atoms with Crippen LogP contribution in [0.25, 0.3) is 11.5 Å². The van der Waals surface area contributed by atoms with Gasteiger partial charge in [-0.15, -0.1) is 0 Å². The molecule has 11 heteroatoms. The predicted octanol–water partition coefficient (Wildman–Crippen LogP) is 3.55. The molecule has 0 spiro atoms. The third-order valence-electron chi connectivity index (χ3n) is 4.55. The Balaban J connectivity index is 1.76. The Hall–Kier alpha value is -3.47. The van der Waals surface area contributed by atoms with E-state index in [4.69, 9.17) is 4.42 Å². The van der Waals surface area contributed by atoms with Crippen LogP contribution in [0, 0.1) is 11.6 Å². The molecule has 0 aliphatic rings. The number of carbonyl (C=O) groups excluding carboxylic acids is 1. The van der Waals surface area contributed by atoms with Gasteiger partial charge < -0.3 is 14.6 Å². The van der Waals surface area contributed by atoms with Gasteiger partial charge in [-0.3, -0.25) is 9.52 Å². The summed E-state index contributed by atoms with van der Waals surface area (Å²) in [5.74, 6) is -2.55. The molecule has 0 radical (unpaired) electrons. The van der Waals surface area contributed by atoms with Crippen molar-refractivity contribution in [3.63, 3.8) is 0 Å². The molecule has 0 saturated heterocycles. The van der Waals surface area contributed by atoms with Crippen molar-refractivity contribution in [3.8, 4) is 11.5 Å². The summed E-state index contributed by atoms with van der Waals surface area (Å²) in [4.78, 5) is 18.7. The molecule has 32 heavy (non-hydrogen) atoms. The summed E-state index contributed by atoms with van der Waals surface area (Å²) < 4.78 is 58.2. The first kappa shape index (κ1) is 23.2. The fraction of sp³-hybridized carbons (Fsp3) is 0.238. The topological polar surface area (TPSA) is 105 Å². The number of sulfonamides is 1. The minimum Gasteiger partial charge on any atom is -0.444 e. The normalized spacial score (nSPS) is 12.3. The minimum absolute atomic E-state index is 0.00147. The van der Waals surface area contributed by atoms with Gasteiger partial charge in [0.25, 0.3) is 5.91 Å². The smallest absolute Gasteiger partial charge is 0.273 e. The fourth-order valence-electron chi connectivity index (χ4n) is 2.91. The van der Waals surface area contributed by atoms with Crippen LogP contribution in [0.15, 0.2) is 47.1 Å². The van der Waals surface area contributed by atoms with Gasteiger partial charge >= 0.3 is 0 Å². The summed E-state index contributed by atoms with van der Waals surface area (Å²) in [6, 6.07) is 8.49. The summed E-state index contributed by atoms with van der Waals surface area (Å²) in [5, 5.41) is 2.59. The first-order valence-corrected chi connectivity index (χ1v) is 11.3. The minimum atomic E-state index is -3.86. The highest BCUT2D eigenvalue weighted by Crippen LogP contribution is 2.26. The van der Waals surface area contributed by atoms with E-state index in [2.05, 4.69) is 10.3 Å². The number of nitrogens with zero attached hydrogens (tertiary/aromatic N) is 2. The second-order valence-electron chi connectivity index (χ2n) is 7.41. The van der Waals surface area contributed by atoms with Crippen molar-refractivity contribution in [2.75, 3.05) is 30.0 Å². The Bertz CT molecular complexity index is 1240. The van der Waals surface area contributed by atoms with Gasteiger partial charge in [0.1, 0.15) is 12.0 Å². The van der Waals surface area contributed by atoms with E-state index in [1.807, 2.05) is 37.2 Å². The van der Waals surface area contributed by atoms with Crippen molar-refractivity contribution in [3.05, 3.63) is 65.6 Å². The Morgan fingerprint density at radius 3 is 2.41 bits per heavy atom. The van der Waals surface area contributed by atoms with Gasteiger partial charge in [-0.25, -0.2) is 22.2 Å². The lowest BCUT2D eigenvalue weighted by molar-refractivity contribution is 0.0934. The highest BCUT2D eigenvalue weighted by atomic mass is 32.2. The predicted molar refractivity (Wildman–Crippen MR) is 117 cm³/mol. The van der Waals surface area contributed by atoms with Crippen molar-refractivity contribution in [1.82, 2.24) is 10.3 Å². The van der Waals surface area contributed by atoms with Crippen molar-refractivity contribution >= 4 is 27.3 Å². The van der Waals surface area contributed by atoms with E-state index in [9.17, 15) is 22.0 Å². The van der Waals surface area contributed by atoms with Crippen LogP contribution in [0.2, 0.25) is 0 Å². The number of carbonyl (C=O) groups is 1. The van der Waals surface area contributed by atoms with Crippen LogP contribution in [0.5, 0.6) is 0 Å². The number of hydrogen-bond donors (Lipinski definition) is 2. The zero-order valence-corrected chi connectivity index (χ0v) is 18.6. The van der Waals surface area contributed by atoms with E-state index in [1.54, 1.807) is 10.8 Å². The van der Waals surface area contributed by atoms with Gasteiger partial charge in [0.15, 0.2) is 17.3 Å². The molecule has 170 valence electrons. The maximum absolute atomic E-state index is 14.2. The molecule has 2 N–H and O–H groups in total. The highest BCUT2D eigenvalue weighted by molar-refractivity contribution is 7.92. The number of benzene rings is 2. The summed E-state index contributed by atoms with van der Waals surface area (Å²) in [6.45, 7) is 1.53. The lowest BCUT2D eigenvalue weighted by Gasteiger charge is -2.15. The molecule has 3 aromatic rings. The number of hydrogen-bond acceptors (Lipinski definition) is 6. The zero-order valence-electron chi connectivity index (χ0n) is 17.8. The van der Waals surface area contributed by atoms with Crippen LogP contribution in [0.3, 0.4) is 0 Å². The van der Waals surface area contributed by atoms with Crippen molar-refractivity contribution in [2.24, 2.45) is 0 Å². The SMILES string of the molecule is CC(NC(=O)c1coc(-c2cccc(N(C)C)c2)n1)c1cc(F)c(NS(C)(=O)=O)c(F)c1. The number of anilines is 2. The molecule has 1 amide bonds. The third kappa shape index (κ3) is 5.41. The van der Waals surface area contributed by atoms with Crippen molar-refractivity contribution in [1.29, 1.82) is 0 Å². The summed E-state index contributed by atoms with van der Waals surface area (Å²) in [7, 11) is -0.0731. The van der Waals surface area contributed by atoms with Gasteiger partial charge in [0, 0.05) is 25.3 Å². The first-order chi connectivity index (χ1) is 14.9. The van der Waals surface area contributed by atoms with Crippen molar-refractivity contribution < 1.29 is 26.4 Å². The molecule has 0 bridgehead atoms. The molecule has 0 fully saturated rings. The molecule has 3 rings (SSSR count). The number of aromatic nitrogens is 1. The molecule has 0 aliphatic carbocycles. The summed E-state index contributed by atoms with van der Waals surface area (Å²) in [6.07, 6.45) is 1.98. The van der Waals surface area contributed by atoms with E-state index in [0.717, 1.165) is 24.1 Å². The Labute approximate surface area is 184 Å². The Morgan fingerprint density at radius 1 is 1.16 bits per heavy atom. The molecule has 8 nitrogen and oxygen atoms in total. The highest BCUT2D eigenvalue weighted by Gasteiger charge is 2.20. The second kappa shape index (κ2) is 8.95. The van der Waals surface area contributed by atoms with Gasteiger partial charge in [0.05, 0.1) is 12.3 Å². The standard InChI is InChI=1S/C21H22F2N4O4S/c1-12(14-9-16(22)19(17(23)10-14)26-32(4,29)30)24-20(28)18-11-31-21(25-18)13-6-5-7-15(8-13)27(2)3/h5-12,26H,1-4H3,(H,24,28). The number of nitrogens with one attached hydrogen (secondary N) is 2. The van der Waals surface area contributed by atoms with Crippen LogP contribution in [-0.4, -0.2) is 39.7 Å². The Morgan fingerprint density at radius 2 is 1.81 bits per heavy atom. The van der Waals surface area contributed by atoms with E-state index < -0.39 is 39.3 Å². The van der Waals surface area contributed by atoms with Crippen LogP contribution in [0.4, 0.5) is 20.2 Å². The van der Waals surface area contributed by atoms with Gasteiger partial charge in [-0.05, 0) is 42.8 Å². The summed E-state index contributed by atoms with van der Waals surface area (Å²) in [5.41, 5.74) is 0.934. The molecule has 1 atom stereocenters. The van der Waals surface area contributed by atoms with E-state index >= 15 is 0 Å². The fourth-order valence-corrected chi connectivity index (χ4v) is 3.47. The lowest BCUT2D eigenvalue weighted by Crippen LogP contribution is -2.27. The van der Waals surface area contributed by atoms with Gasteiger partial charge in [0.2, 0.25) is 15.9 Å². The van der Waals surface area contributed by atoms with Gasteiger partial charge in [-0.1, -0.05) is 6.07 Å².